The van der Waals surface area contributed by atoms with Crippen molar-refractivity contribution in [2.75, 3.05) is 46.8 Å². The van der Waals surface area contributed by atoms with Crippen LogP contribution in [0, 0.1) is 0 Å². The maximum atomic E-state index is 12.2. The van der Waals surface area contributed by atoms with Gasteiger partial charge in [0.05, 0.1) is 5.25 Å². The second-order valence-electron chi connectivity index (χ2n) is 6.16. The first kappa shape index (κ1) is 17.8. The third-order valence-electron chi connectivity index (χ3n) is 3.84. The van der Waals surface area contributed by atoms with Crippen molar-refractivity contribution < 1.29 is 8.42 Å². The van der Waals surface area contributed by atoms with E-state index in [-0.39, 0.29) is 6.04 Å². The monoisotopic (exact) mass is 306 g/mol. The highest BCUT2D eigenvalue weighted by molar-refractivity contribution is 7.90. The minimum atomic E-state index is -3.25. The van der Waals surface area contributed by atoms with Crippen LogP contribution in [-0.4, -0.2) is 82.4 Å². The molecule has 20 heavy (non-hydrogen) atoms. The summed E-state index contributed by atoms with van der Waals surface area (Å²) >= 11 is 0. The standard InChI is InChI=1S/C13H30N4O2S/c1-11(2)14-8-12(3)20(18,19)15-9-13-10-16(4)6-7-17(13)5/h11-15H,6-10H2,1-5H3. The number of nitrogens with zero attached hydrogens (tertiary/aromatic N) is 2. The predicted octanol–water partition coefficient (Wildman–Crippen LogP) is -0.462. The zero-order valence-corrected chi connectivity index (χ0v) is 14.2. The van der Waals surface area contributed by atoms with Gasteiger partial charge in [0.1, 0.15) is 0 Å². The smallest absolute Gasteiger partial charge is 0.215 e. The summed E-state index contributed by atoms with van der Waals surface area (Å²) in [7, 11) is 0.870. The van der Waals surface area contributed by atoms with Crippen LogP contribution in [0.3, 0.4) is 0 Å². The van der Waals surface area contributed by atoms with Gasteiger partial charge in [0.2, 0.25) is 10.0 Å². The largest absolute Gasteiger partial charge is 0.313 e. The summed E-state index contributed by atoms with van der Waals surface area (Å²) in [4.78, 5) is 4.46. The minimum Gasteiger partial charge on any atom is -0.313 e. The summed E-state index contributed by atoms with van der Waals surface area (Å²) in [6.07, 6.45) is 0. The highest BCUT2D eigenvalue weighted by atomic mass is 32.2. The van der Waals surface area contributed by atoms with Gasteiger partial charge in [0.15, 0.2) is 0 Å². The Morgan fingerprint density at radius 3 is 2.45 bits per heavy atom. The first-order valence-corrected chi connectivity index (χ1v) is 8.87. The Bertz CT molecular complexity index is 386. The van der Waals surface area contributed by atoms with Crippen LogP contribution in [-0.2, 0) is 10.0 Å². The Labute approximate surface area is 123 Å². The lowest BCUT2D eigenvalue weighted by molar-refractivity contribution is 0.117. The summed E-state index contributed by atoms with van der Waals surface area (Å²) in [5.74, 6) is 0. The molecule has 0 saturated carbocycles. The van der Waals surface area contributed by atoms with Crippen LogP contribution in [0.4, 0.5) is 0 Å². The van der Waals surface area contributed by atoms with E-state index in [2.05, 4.69) is 33.9 Å². The number of hydrogen-bond acceptors (Lipinski definition) is 5. The molecule has 0 spiro atoms. The van der Waals surface area contributed by atoms with Crippen molar-refractivity contribution >= 4 is 10.0 Å². The van der Waals surface area contributed by atoms with Gasteiger partial charge in [-0.15, -0.1) is 0 Å². The SMILES string of the molecule is CC(C)NCC(C)S(=O)(=O)NCC1CN(C)CCN1C. The molecule has 2 atom stereocenters. The van der Waals surface area contributed by atoms with Crippen molar-refractivity contribution in [3.05, 3.63) is 0 Å². The second kappa shape index (κ2) is 7.70. The summed E-state index contributed by atoms with van der Waals surface area (Å²) in [5.41, 5.74) is 0. The molecule has 1 heterocycles. The number of piperazine rings is 1. The van der Waals surface area contributed by atoms with E-state index >= 15 is 0 Å². The van der Waals surface area contributed by atoms with E-state index in [1.807, 2.05) is 13.8 Å². The molecule has 0 radical (unpaired) electrons. The Hall–Kier alpha value is -0.210. The lowest BCUT2D eigenvalue weighted by Gasteiger charge is -2.37. The topological polar surface area (TPSA) is 64.7 Å². The Morgan fingerprint density at radius 2 is 1.85 bits per heavy atom. The van der Waals surface area contributed by atoms with Gasteiger partial charge >= 0.3 is 0 Å². The quantitative estimate of drug-likeness (QED) is 0.666. The number of rotatable bonds is 7. The molecule has 0 aliphatic carbocycles. The molecule has 1 fully saturated rings. The van der Waals surface area contributed by atoms with Gasteiger partial charge in [-0.3, -0.25) is 4.90 Å². The molecule has 0 aromatic heterocycles. The van der Waals surface area contributed by atoms with E-state index in [4.69, 9.17) is 0 Å². The summed E-state index contributed by atoms with van der Waals surface area (Å²) in [5, 5.41) is 2.75. The third-order valence-corrected chi connectivity index (χ3v) is 5.64. The number of sulfonamides is 1. The first-order valence-electron chi connectivity index (χ1n) is 7.33. The van der Waals surface area contributed by atoms with Gasteiger partial charge in [0, 0.05) is 44.8 Å². The molecule has 0 amide bonds. The maximum absolute atomic E-state index is 12.2. The van der Waals surface area contributed by atoms with Gasteiger partial charge in [-0.2, -0.15) is 0 Å². The number of nitrogens with one attached hydrogen (secondary N) is 2. The highest BCUT2D eigenvalue weighted by Gasteiger charge is 2.26. The summed E-state index contributed by atoms with van der Waals surface area (Å²) in [6.45, 7) is 9.65. The van der Waals surface area contributed by atoms with Crippen molar-refractivity contribution in [2.24, 2.45) is 0 Å². The molecule has 1 aliphatic rings. The Morgan fingerprint density at radius 1 is 1.20 bits per heavy atom. The van der Waals surface area contributed by atoms with Crippen LogP contribution in [0.25, 0.3) is 0 Å². The molecular formula is C13H30N4O2S. The Balaban J connectivity index is 2.45. The predicted molar refractivity (Wildman–Crippen MR) is 83.4 cm³/mol. The normalized spacial score (nSPS) is 24.2. The fourth-order valence-electron chi connectivity index (χ4n) is 2.19. The lowest BCUT2D eigenvalue weighted by atomic mass is 10.2. The molecule has 7 heteroatoms. The molecule has 6 nitrogen and oxygen atoms in total. The van der Waals surface area contributed by atoms with Crippen molar-refractivity contribution in [2.45, 2.75) is 38.1 Å². The van der Waals surface area contributed by atoms with Crippen molar-refractivity contribution in [1.82, 2.24) is 19.8 Å². The first-order chi connectivity index (χ1) is 9.22. The zero-order chi connectivity index (χ0) is 15.3. The van der Waals surface area contributed by atoms with Crippen LogP contribution in [0.1, 0.15) is 20.8 Å². The molecule has 1 saturated heterocycles. The summed E-state index contributed by atoms with van der Waals surface area (Å²) < 4.78 is 27.1. The Kier molecular flexibility index (Phi) is 6.87. The fraction of sp³-hybridized carbons (Fsp3) is 1.00. The van der Waals surface area contributed by atoms with Crippen molar-refractivity contribution in [3.63, 3.8) is 0 Å². The van der Waals surface area contributed by atoms with Gasteiger partial charge in [0.25, 0.3) is 0 Å². The average molecular weight is 306 g/mol. The zero-order valence-electron chi connectivity index (χ0n) is 13.4. The van der Waals surface area contributed by atoms with E-state index in [1.165, 1.54) is 0 Å². The minimum absolute atomic E-state index is 0.244. The van der Waals surface area contributed by atoms with Crippen LogP contribution >= 0.6 is 0 Å². The molecule has 1 rings (SSSR count). The van der Waals surface area contributed by atoms with E-state index < -0.39 is 15.3 Å². The van der Waals surface area contributed by atoms with Crippen molar-refractivity contribution in [3.8, 4) is 0 Å². The molecular weight excluding hydrogens is 276 g/mol. The van der Waals surface area contributed by atoms with Crippen LogP contribution < -0.4 is 10.0 Å². The molecule has 1 aliphatic heterocycles. The van der Waals surface area contributed by atoms with Crippen molar-refractivity contribution in [1.29, 1.82) is 0 Å². The van der Waals surface area contributed by atoms with E-state index in [1.54, 1.807) is 6.92 Å². The third kappa shape index (κ3) is 5.65. The molecule has 0 aromatic carbocycles. The summed E-state index contributed by atoms with van der Waals surface area (Å²) in [6, 6.07) is 0.541. The molecule has 2 unspecified atom stereocenters. The van der Waals surface area contributed by atoms with Gasteiger partial charge in [-0.1, -0.05) is 13.8 Å². The van der Waals surface area contributed by atoms with E-state index in [9.17, 15) is 8.42 Å². The second-order valence-corrected chi connectivity index (χ2v) is 8.35. The highest BCUT2D eigenvalue weighted by Crippen LogP contribution is 2.06. The molecule has 0 bridgehead atoms. The fourth-order valence-corrected chi connectivity index (χ4v) is 3.21. The maximum Gasteiger partial charge on any atom is 0.215 e. The van der Waals surface area contributed by atoms with Crippen LogP contribution in [0.2, 0.25) is 0 Å². The van der Waals surface area contributed by atoms with E-state index in [0.717, 1.165) is 19.6 Å². The lowest BCUT2D eigenvalue weighted by Crippen LogP contribution is -2.55. The number of likely N-dealkylation sites (N-methyl/N-ethyl adjacent to an activating group) is 2. The molecule has 120 valence electrons. The molecule has 0 aromatic rings. The van der Waals surface area contributed by atoms with Gasteiger partial charge in [-0.25, -0.2) is 13.1 Å². The average Bonchev–Trinajstić information content (AvgIpc) is 2.37. The van der Waals surface area contributed by atoms with Gasteiger partial charge < -0.3 is 10.2 Å². The van der Waals surface area contributed by atoms with Crippen LogP contribution in [0.15, 0.2) is 0 Å². The van der Waals surface area contributed by atoms with Crippen LogP contribution in [0.5, 0.6) is 0 Å². The molecule has 2 N–H and O–H groups in total. The van der Waals surface area contributed by atoms with E-state index in [0.29, 0.717) is 19.1 Å². The number of hydrogen-bond donors (Lipinski definition) is 2. The van der Waals surface area contributed by atoms with Gasteiger partial charge in [-0.05, 0) is 21.0 Å².